The molecule has 0 heterocycles. The second-order valence-electron chi connectivity index (χ2n) is 5.35. The predicted octanol–water partition coefficient (Wildman–Crippen LogP) is 2.67. The Morgan fingerprint density at radius 3 is 2.16 bits per heavy atom. The van der Waals surface area contributed by atoms with E-state index >= 15 is 0 Å². The molecule has 0 aromatic carbocycles. The van der Waals surface area contributed by atoms with E-state index in [9.17, 15) is 14.0 Å². The van der Waals surface area contributed by atoms with Crippen LogP contribution in [0.4, 0.5) is 4.39 Å². The molecule has 0 fully saturated rings. The van der Waals surface area contributed by atoms with Crippen molar-refractivity contribution < 1.29 is 23.5 Å². The molecule has 2 atom stereocenters. The lowest BCUT2D eigenvalue weighted by atomic mass is 9.77. The molecule has 0 aliphatic heterocycles. The highest BCUT2D eigenvalue weighted by Crippen LogP contribution is 2.34. The zero-order valence-corrected chi connectivity index (χ0v) is 12.3. The van der Waals surface area contributed by atoms with Gasteiger partial charge >= 0.3 is 11.9 Å². The molecule has 0 aromatic rings. The van der Waals surface area contributed by atoms with Gasteiger partial charge in [-0.15, -0.1) is 6.58 Å². The molecule has 0 aromatic heterocycles. The number of esters is 2. The van der Waals surface area contributed by atoms with Gasteiger partial charge in [-0.05, 0) is 27.7 Å². The summed E-state index contributed by atoms with van der Waals surface area (Å²) in [5.74, 6) is -2.57. The Kier molecular flexibility index (Phi) is 6.19. The van der Waals surface area contributed by atoms with Crippen LogP contribution < -0.4 is 0 Å². The van der Waals surface area contributed by atoms with Crippen molar-refractivity contribution in [3.8, 4) is 0 Å². The maximum Gasteiger partial charge on any atom is 0.327 e. The average molecular weight is 274 g/mol. The van der Waals surface area contributed by atoms with Gasteiger partial charge in [-0.1, -0.05) is 13.0 Å². The normalized spacial score (nSPS) is 16.1. The smallest absolute Gasteiger partial charge is 0.327 e. The Morgan fingerprint density at radius 1 is 1.32 bits per heavy atom. The minimum atomic E-state index is -1.98. The van der Waals surface area contributed by atoms with Crippen LogP contribution in [0.3, 0.4) is 0 Å². The van der Waals surface area contributed by atoms with Crippen LogP contribution in [0, 0.1) is 11.3 Å². The molecule has 0 aliphatic rings. The third kappa shape index (κ3) is 4.04. The van der Waals surface area contributed by atoms with Crippen molar-refractivity contribution in [1.29, 1.82) is 0 Å². The lowest BCUT2D eigenvalue weighted by molar-refractivity contribution is -0.183. The molecule has 0 radical (unpaired) electrons. The maximum atomic E-state index is 13.5. The first-order valence-electron chi connectivity index (χ1n) is 6.24. The van der Waals surface area contributed by atoms with E-state index in [1.807, 2.05) is 0 Å². The molecular formula is C14H23FO4. The molecule has 2 unspecified atom stereocenters. The molecule has 19 heavy (non-hydrogen) atoms. The van der Waals surface area contributed by atoms with Crippen LogP contribution in [0.15, 0.2) is 12.7 Å². The first-order valence-corrected chi connectivity index (χ1v) is 6.24. The van der Waals surface area contributed by atoms with E-state index < -0.39 is 35.5 Å². The van der Waals surface area contributed by atoms with Crippen molar-refractivity contribution in [2.45, 2.75) is 40.2 Å². The first kappa shape index (κ1) is 17.6. The highest BCUT2D eigenvalue weighted by Gasteiger charge is 2.53. The van der Waals surface area contributed by atoms with Crippen LogP contribution in [0.25, 0.3) is 0 Å². The van der Waals surface area contributed by atoms with Crippen molar-refractivity contribution in [2.75, 3.05) is 13.3 Å². The van der Waals surface area contributed by atoms with E-state index in [1.54, 1.807) is 27.7 Å². The topological polar surface area (TPSA) is 52.6 Å². The van der Waals surface area contributed by atoms with Crippen molar-refractivity contribution >= 4 is 11.9 Å². The van der Waals surface area contributed by atoms with Crippen LogP contribution in [0.5, 0.6) is 0 Å². The summed E-state index contributed by atoms with van der Waals surface area (Å²) in [6.07, 6.45) is 1.35. The Morgan fingerprint density at radius 2 is 1.84 bits per heavy atom. The molecule has 4 nitrogen and oxygen atoms in total. The van der Waals surface area contributed by atoms with Crippen LogP contribution in [-0.2, 0) is 19.1 Å². The van der Waals surface area contributed by atoms with Crippen LogP contribution >= 0.6 is 0 Å². The molecule has 0 spiro atoms. The summed E-state index contributed by atoms with van der Waals surface area (Å²) < 4.78 is 23.5. The quantitative estimate of drug-likeness (QED) is 0.424. The summed E-state index contributed by atoms with van der Waals surface area (Å²) in [5.41, 5.74) is -2.80. The van der Waals surface area contributed by atoms with Crippen LogP contribution in [0.2, 0.25) is 0 Å². The molecule has 0 rings (SSSR count). The first-order chi connectivity index (χ1) is 8.65. The minimum absolute atomic E-state index is 0.0627. The molecule has 110 valence electrons. The van der Waals surface area contributed by atoms with Crippen molar-refractivity contribution in [3.05, 3.63) is 12.7 Å². The summed E-state index contributed by atoms with van der Waals surface area (Å²) in [6.45, 7) is 10.5. The van der Waals surface area contributed by atoms with E-state index in [4.69, 9.17) is 9.47 Å². The lowest BCUT2D eigenvalue weighted by Gasteiger charge is -2.33. The zero-order valence-electron chi connectivity index (χ0n) is 12.3. The molecule has 0 saturated carbocycles. The molecular weight excluding hydrogens is 251 g/mol. The largest absolute Gasteiger partial charge is 0.465 e. The fraction of sp³-hybridized carbons (Fsp3) is 0.714. The van der Waals surface area contributed by atoms with Gasteiger partial charge in [0.25, 0.3) is 0 Å². The zero-order chi connectivity index (χ0) is 15.3. The van der Waals surface area contributed by atoms with Crippen LogP contribution in [-0.4, -0.2) is 30.8 Å². The number of allylic oxidation sites excluding steroid dienone is 1. The lowest BCUT2D eigenvalue weighted by Crippen LogP contribution is -2.50. The van der Waals surface area contributed by atoms with Gasteiger partial charge in [0.2, 0.25) is 0 Å². The molecule has 5 heteroatoms. The van der Waals surface area contributed by atoms with Gasteiger partial charge in [0.15, 0.2) is 5.41 Å². The van der Waals surface area contributed by atoms with Crippen molar-refractivity contribution in [1.82, 2.24) is 0 Å². The summed E-state index contributed by atoms with van der Waals surface area (Å²) in [7, 11) is 0. The second kappa shape index (κ2) is 6.68. The Balaban J connectivity index is 5.53. The number of carbonyl (C=O) groups excluding carboxylic acids is 2. The second-order valence-corrected chi connectivity index (χ2v) is 5.35. The molecule has 0 aliphatic carbocycles. The number of carbonyl (C=O) groups is 2. The number of hydrogen-bond donors (Lipinski definition) is 0. The van der Waals surface area contributed by atoms with Gasteiger partial charge in [-0.2, -0.15) is 0 Å². The Hall–Kier alpha value is -1.39. The van der Waals surface area contributed by atoms with Crippen LogP contribution in [0.1, 0.15) is 34.6 Å². The number of hydrogen-bond acceptors (Lipinski definition) is 4. The Bertz CT molecular complexity index is 346. The van der Waals surface area contributed by atoms with E-state index in [0.29, 0.717) is 0 Å². The van der Waals surface area contributed by atoms with Crippen molar-refractivity contribution in [3.63, 3.8) is 0 Å². The third-order valence-corrected chi connectivity index (χ3v) is 2.74. The fourth-order valence-electron chi connectivity index (χ4n) is 1.52. The van der Waals surface area contributed by atoms with Gasteiger partial charge in [0.1, 0.15) is 12.3 Å². The monoisotopic (exact) mass is 274 g/mol. The summed E-state index contributed by atoms with van der Waals surface area (Å²) in [5, 5.41) is 0. The average Bonchev–Trinajstić information content (AvgIpc) is 2.28. The highest BCUT2D eigenvalue weighted by molar-refractivity contribution is 6.01. The molecule has 0 bridgehead atoms. The number of rotatable bonds is 6. The van der Waals surface area contributed by atoms with Gasteiger partial charge in [0.05, 0.1) is 6.61 Å². The van der Waals surface area contributed by atoms with E-state index in [0.717, 1.165) is 0 Å². The molecule has 0 N–H and O–H groups in total. The third-order valence-electron chi connectivity index (χ3n) is 2.74. The van der Waals surface area contributed by atoms with Gasteiger partial charge < -0.3 is 9.47 Å². The van der Waals surface area contributed by atoms with E-state index in [1.165, 1.54) is 13.0 Å². The SMILES string of the molecule is C=CC(C)C(CF)(C(=O)OCC)C(=O)OC(C)(C)C. The van der Waals surface area contributed by atoms with Gasteiger partial charge in [0, 0.05) is 5.92 Å². The Labute approximate surface area is 114 Å². The van der Waals surface area contributed by atoms with Crippen molar-refractivity contribution in [2.24, 2.45) is 11.3 Å². The summed E-state index contributed by atoms with van der Waals surface area (Å²) in [6, 6.07) is 0. The van der Waals surface area contributed by atoms with Gasteiger partial charge in [-0.3, -0.25) is 9.59 Å². The molecule has 0 saturated heterocycles. The predicted molar refractivity (Wildman–Crippen MR) is 70.2 cm³/mol. The minimum Gasteiger partial charge on any atom is -0.465 e. The van der Waals surface area contributed by atoms with Gasteiger partial charge in [-0.25, -0.2) is 4.39 Å². The maximum absolute atomic E-state index is 13.5. The highest BCUT2D eigenvalue weighted by atomic mass is 19.1. The van der Waals surface area contributed by atoms with E-state index in [-0.39, 0.29) is 6.61 Å². The summed E-state index contributed by atoms with van der Waals surface area (Å²) >= 11 is 0. The standard InChI is InChI=1S/C14H23FO4/c1-7-10(3)14(9-15,11(16)18-8-2)12(17)19-13(4,5)6/h7,10H,1,8-9H2,2-6H3. The number of halogens is 1. The molecule has 0 amide bonds. The number of alkyl halides is 1. The number of ether oxygens (including phenoxy) is 2. The van der Waals surface area contributed by atoms with E-state index in [2.05, 4.69) is 6.58 Å². The summed E-state index contributed by atoms with van der Waals surface area (Å²) in [4.78, 5) is 24.2. The fourth-order valence-corrected chi connectivity index (χ4v) is 1.52.